The van der Waals surface area contributed by atoms with Gasteiger partial charge in [-0.1, -0.05) is 20.8 Å². The lowest BCUT2D eigenvalue weighted by atomic mass is 9.78. The quantitative estimate of drug-likeness (QED) is 0.842. The maximum atomic E-state index is 4.41. The van der Waals surface area contributed by atoms with E-state index in [2.05, 4.69) is 43.1 Å². The summed E-state index contributed by atoms with van der Waals surface area (Å²) in [6.45, 7) is 11.1. The minimum absolute atomic E-state index is 0.298. The molecule has 1 heterocycles. The molecule has 1 atom stereocenters. The Hall–Kier alpha value is -0.900. The Morgan fingerprint density at radius 1 is 1.44 bits per heavy atom. The van der Waals surface area contributed by atoms with Crippen molar-refractivity contribution in [1.29, 1.82) is 0 Å². The Bertz CT molecular complexity index is 373. The van der Waals surface area contributed by atoms with Crippen molar-refractivity contribution >= 4 is 0 Å². The molecule has 0 aromatic carbocycles. The lowest BCUT2D eigenvalue weighted by Gasteiger charge is -2.31. The summed E-state index contributed by atoms with van der Waals surface area (Å²) in [4.78, 5) is 4.41. The summed E-state index contributed by atoms with van der Waals surface area (Å²) in [6, 6.07) is 0.777. The second-order valence-corrected chi connectivity index (χ2v) is 6.44. The Kier molecular flexibility index (Phi) is 4.05. The topological polar surface area (TPSA) is 42.7 Å². The highest BCUT2D eigenvalue weighted by atomic mass is 15.3. The zero-order valence-corrected chi connectivity index (χ0v) is 12.1. The van der Waals surface area contributed by atoms with Crippen molar-refractivity contribution in [3.05, 3.63) is 12.2 Å². The van der Waals surface area contributed by atoms with E-state index in [-0.39, 0.29) is 0 Å². The van der Waals surface area contributed by atoms with Crippen LogP contribution < -0.4 is 5.32 Å². The minimum Gasteiger partial charge on any atom is -0.314 e. The molecule has 0 bridgehead atoms. The van der Waals surface area contributed by atoms with Crippen LogP contribution in [-0.2, 0) is 13.0 Å². The van der Waals surface area contributed by atoms with E-state index in [0.29, 0.717) is 11.3 Å². The van der Waals surface area contributed by atoms with Gasteiger partial charge in [0.1, 0.15) is 12.2 Å². The van der Waals surface area contributed by atoms with Gasteiger partial charge in [0, 0.05) is 19.0 Å². The lowest BCUT2D eigenvalue weighted by molar-refractivity contribution is 0.224. The van der Waals surface area contributed by atoms with Crippen LogP contribution >= 0.6 is 0 Å². The van der Waals surface area contributed by atoms with Gasteiger partial charge in [0.05, 0.1) is 0 Å². The molecule has 4 heteroatoms. The Labute approximate surface area is 110 Å². The van der Waals surface area contributed by atoms with Crippen LogP contribution in [0.2, 0.25) is 0 Å². The molecule has 4 nitrogen and oxygen atoms in total. The van der Waals surface area contributed by atoms with E-state index in [4.69, 9.17) is 0 Å². The molecule has 1 saturated carbocycles. The molecule has 0 radical (unpaired) electrons. The summed E-state index contributed by atoms with van der Waals surface area (Å²) in [5.74, 6) is 1.72. The van der Waals surface area contributed by atoms with Crippen molar-refractivity contribution in [3.8, 4) is 0 Å². The zero-order chi connectivity index (χ0) is 13.2. The fourth-order valence-corrected chi connectivity index (χ4v) is 2.21. The van der Waals surface area contributed by atoms with Crippen molar-refractivity contribution in [2.75, 3.05) is 6.54 Å². The Morgan fingerprint density at radius 2 is 2.17 bits per heavy atom. The fourth-order valence-electron chi connectivity index (χ4n) is 2.21. The van der Waals surface area contributed by atoms with Gasteiger partial charge < -0.3 is 5.32 Å². The third-order valence-corrected chi connectivity index (χ3v) is 3.88. The summed E-state index contributed by atoms with van der Waals surface area (Å²) >= 11 is 0. The van der Waals surface area contributed by atoms with E-state index in [1.54, 1.807) is 6.33 Å². The van der Waals surface area contributed by atoms with Crippen LogP contribution in [0, 0.1) is 11.3 Å². The van der Waals surface area contributed by atoms with Crippen LogP contribution in [0.4, 0.5) is 0 Å². The van der Waals surface area contributed by atoms with Crippen LogP contribution in [0.3, 0.4) is 0 Å². The molecular formula is C14H26N4. The molecule has 102 valence electrons. The van der Waals surface area contributed by atoms with Gasteiger partial charge in [-0.2, -0.15) is 5.10 Å². The third kappa shape index (κ3) is 3.55. The molecule has 1 aliphatic carbocycles. The van der Waals surface area contributed by atoms with Crippen LogP contribution in [0.25, 0.3) is 0 Å². The van der Waals surface area contributed by atoms with Gasteiger partial charge in [-0.3, -0.25) is 4.68 Å². The smallest absolute Gasteiger partial charge is 0.138 e. The molecule has 1 aromatic rings. The highest BCUT2D eigenvalue weighted by Gasteiger charge is 2.29. The molecule has 0 aliphatic heterocycles. The van der Waals surface area contributed by atoms with Crippen LogP contribution in [-0.4, -0.2) is 27.4 Å². The minimum atomic E-state index is 0.298. The first-order chi connectivity index (χ1) is 8.50. The average molecular weight is 250 g/mol. The molecule has 0 saturated heterocycles. The number of aryl methyl sites for hydroxylation is 1. The molecule has 2 rings (SSSR count). The maximum absolute atomic E-state index is 4.41. The van der Waals surface area contributed by atoms with E-state index < -0.39 is 0 Å². The third-order valence-electron chi connectivity index (χ3n) is 3.88. The number of hydrogen-bond acceptors (Lipinski definition) is 3. The Morgan fingerprint density at radius 3 is 2.72 bits per heavy atom. The number of nitrogens with one attached hydrogen (secondary N) is 1. The fraction of sp³-hybridized carbons (Fsp3) is 0.857. The molecule has 0 spiro atoms. The van der Waals surface area contributed by atoms with Crippen molar-refractivity contribution in [2.24, 2.45) is 11.3 Å². The molecule has 1 fully saturated rings. The molecule has 0 amide bonds. The van der Waals surface area contributed by atoms with Gasteiger partial charge in [0.15, 0.2) is 0 Å². The summed E-state index contributed by atoms with van der Waals surface area (Å²) in [7, 11) is 0. The summed E-state index contributed by atoms with van der Waals surface area (Å²) in [5, 5.41) is 7.92. The molecule has 1 N–H and O–H groups in total. The number of rotatable bonds is 6. The summed E-state index contributed by atoms with van der Waals surface area (Å²) in [6.07, 6.45) is 5.38. The Balaban J connectivity index is 1.99. The normalized spacial score (nSPS) is 18.0. The van der Waals surface area contributed by atoms with E-state index in [1.165, 1.54) is 12.8 Å². The zero-order valence-electron chi connectivity index (χ0n) is 12.1. The first kappa shape index (κ1) is 13.5. The van der Waals surface area contributed by atoms with Gasteiger partial charge >= 0.3 is 0 Å². The van der Waals surface area contributed by atoms with E-state index in [1.807, 2.05) is 4.68 Å². The van der Waals surface area contributed by atoms with Gasteiger partial charge in [-0.25, -0.2) is 4.98 Å². The van der Waals surface area contributed by atoms with Gasteiger partial charge in [0.25, 0.3) is 0 Å². The van der Waals surface area contributed by atoms with Crippen LogP contribution in [0.5, 0.6) is 0 Å². The van der Waals surface area contributed by atoms with Crippen molar-refractivity contribution in [2.45, 2.75) is 59.5 Å². The van der Waals surface area contributed by atoms with Gasteiger partial charge in [-0.15, -0.1) is 0 Å². The predicted molar refractivity (Wildman–Crippen MR) is 73.4 cm³/mol. The number of aromatic nitrogens is 3. The second-order valence-electron chi connectivity index (χ2n) is 6.44. The van der Waals surface area contributed by atoms with E-state index >= 15 is 0 Å². The lowest BCUT2D eigenvalue weighted by Crippen LogP contribution is -2.35. The molecular weight excluding hydrogens is 224 g/mol. The second kappa shape index (κ2) is 5.39. The molecule has 1 unspecified atom stereocenters. The average Bonchev–Trinajstić information content (AvgIpc) is 3.01. The van der Waals surface area contributed by atoms with Gasteiger partial charge in [-0.05, 0) is 37.6 Å². The van der Waals surface area contributed by atoms with Gasteiger partial charge in [0.2, 0.25) is 0 Å². The molecule has 18 heavy (non-hydrogen) atoms. The predicted octanol–water partition coefficient (Wildman–Crippen LogP) is 2.25. The van der Waals surface area contributed by atoms with Crippen LogP contribution in [0.1, 0.15) is 46.4 Å². The molecule has 1 aliphatic rings. The highest BCUT2D eigenvalue weighted by Crippen LogP contribution is 2.29. The largest absolute Gasteiger partial charge is 0.314 e. The number of nitrogens with zero attached hydrogens (tertiary/aromatic N) is 3. The van der Waals surface area contributed by atoms with Crippen molar-refractivity contribution in [1.82, 2.24) is 20.1 Å². The maximum Gasteiger partial charge on any atom is 0.138 e. The number of hydrogen-bond donors (Lipinski definition) is 1. The first-order valence-electron chi connectivity index (χ1n) is 7.10. The van der Waals surface area contributed by atoms with E-state index in [9.17, 15) is 0 Å². The summed E-state index contributed by atoms with van der Waals surface area (Å²) < 4.78 is 2.01. The van der Waals surface area contributed by atoms with E-state index in [0.717, 1.165) is 31.4 Å². The van der Waals surface area contributed by atoms with Crippen molar-refractivity contribution in [3.63, 3.8) is 0 Å². The standard InChI is InChI=1S/C14H26N4/c1-5-18-13(16-10-17-18)8-11(14(2,3)4)9-15-12-6-7-12/h10-12,15H,5-9H2,1-4H3. The molecule has 1 aromatic heterocycles. The SMILES string of the molecule is CCn1ncnc1CC(CNC1CC1)C(C)(C)C. The highest BCUT2D eigenvalue weighted by molar-refractivity contribution is 4.93. The van der Waals surface area contributed by atoms with Crippen molar-refractivity contribution < 1.29 is 0 Å². The monoisotopic (exact) mass is 250 g/mol. The first-order valence-corrected chi connectivity index (χ1v) is 7.10. The van der Waals surface area contributed by atoms with Crippen LogP contribution in [0.15, 0.2) is 6.33 Å². The summed E-state index contributed by atoms with van der Waals surface area (Å²) in [5.41, 5.74) is 0.298.